The number of hydrogen-bond acceptors (Lipinski definition) is 2. The van der Waals surface area contributed by atoms with Crippen LogP contribution in [0.2, 0.25) is 0 Å². The third kappa shape index (κ3) is 1.98. The van der Waals surface area contributed by atoms with Crippen LogP contribution in [0.4, 0.5) is 8.78 Å². The molecule has 0 saturated heterocycles. The molecule has 4 heteroatoms. The normalized spacial score (nSPS) is 17.1. The van der Waals surface area contributed by atoms with Crippen LogP contribution in [0.25, 0.3) is 11.1 Å². The molecular formula is C15H13F2NO. The molecule has 98 valence electrons. The number of halogens is 2. The zero-order valence-electron chi connectivity index (χ0n) is 10.2. The van der Waals surface area contributed by atoms with Crippen LogP contribution in [-0.2, 0) is 6.42 Å². The van der Waals surface area contributed by atoms with E-state index in [0.717, 1.165) is 5.56 Å². The number of ether oxygens (including phenoxy) is 1. The quantitative estimate of drug-likeness (QED) is 0.902. The van der Waals surface area contributed by atoms with Crippen LogP contribution in [0, 0.1) is 11.6 Å². The molecule has 1 heterocycles. The standard InChI is InChI=1S/C15H13F2NO/c16-12-5-2-6-13(17)14(12)11-4-1-3-9-7-10(8-18)19-15(9)11/h1-6,10H,7-8,18H2/t10-/m1/s1. The van der Waals surface area contributed by atoms with Gasteiger partial charge in [0.15, 0.2) is 0 Å². The van der Waals surface area contributed by atoms with Gasteiger partial charge in [-0.1, -0.05) is 24.3 Å². The van der Waals surface area contributed by atoms with Crippen molar-refractivity contribution in [3.63, 3.8) is 0 Å². The molecule has 0 aromatic heterocycles. The minimum absolute atomic E-state index is 0.0444. The SMILES string of the molecule is NC[C@H]1Cc2cccc(-c3c(F)cccc3F)c2O1. The van der Waals surface area contributed by atoms with Gasteiger partial charge in [-0.05, 0) is 17.7 Å². The maximum atomic E-state index is 13.9. The Kier molecular flexibility index (Phi) is 2.95. The number of para-hydroxylation sites is 1. The van der Waals surface area contributed by atoms with Crippen molar-refractivity contribution in [1.82, 2.24) is 0 Å². The monoisotopic (exact) mass is 261 g/mol. The number of rotatable bonds is 2. The lowest BCUT2D eigenvalue weighted by molar-refractivity contribution is 0.242. The van der Waals surface area contributed by atoms with Crippen molar-refractivity contribution in [3.8, 4) is 16.9 Å². The molecule has 19 heavy (non-hydrogen) atoms. The molecule has 0 saturated carbocycles. The van der Waals surface area contributed by atoms with Gasteiger partial charge >= 0.3 is 0 Å². The second kappa shape index (κ2) is 4.63. The minimum Gasteiger partial charge on any atom is -0.488 e. The summed E-state index contributed by atoms with van der Waals surface area (Å²) in [5.74, 6) is -0.636. The van der Waals surface area contributed by atoms with Gasteiger partial charge in [0.2, 0.25) is 0 Å². The van der Waals surface area contributed by atoms with Gasteiger partial charge in [0, 0.05) is 18.5 Å². The third-order valence-corrected chi connectivity index (χ3v) is 3.32. The zero-order valence-corrected chi connectivity index (χ0v) is 10.2. The highest BCUT2D eigenvalue weighted by atomic mass is 19.1. The van der Waals surface area contributed by atoms with Crippen molar-refractivity contribution < 1.29 is 13.5 Å². The Balaban J connectivity index is 2.16. The third-order valence-electron chi connectivity index (χ3n) is 3.32. The summed E-state index contributed by atoms with van der Waals surface area (Å²) in [6.07, 6.45) is 0.557. The van der Waals surface area contributed by atoms with Gasteiger partial charge in [-0.25, -0.2) is 8.78 Å². The van der Waals surface area contributed by atoms with Crippen molar-refractivity contribution in [2.75, 3.05) is 6.54 Å². The molecule has 2 nitrogen and oxygen atoms in total. The lowest BCUT2D eigenvalue weighted by Crippen LogP contribution is -2.24. The first-order chi connectivity index (χ1) is 9.20. The van der Waals surface area contributed by atoms with Crippen LogP contribution in [0.5, 0.6) is 5.75 Å². The summed E-state index contributed by atoms with van der Waals surface area (Å²) in [5.41, 5.74) is 6.93. The van der Waals surface area contributed by atoms with Gasteiger partial charge < -0.3 is 10.5 Å². The van der Waals surface area contributed by atoms with Crippen LogP contribution < -0.4 is 10.5 Å². The van der Waals surface area contributed by atoms with E-state index in [1.165, 1.54) is 18.2 Å². The second-order valence-electron chi connectivity index (χ2n) is 4.57. The maximum absolute atomic E-state index is 13.9. The molecule has 2 aromatic rings. The summed E-state index contributed by atoms with van der Waals surface area (Å²) in [5, 5.41) is 0. The molecule has 0 bridgehead atoms. The zero-order chi connectivity index (χ0) is 13.4. The Morgan fingerprint density at radius 3 is 2.47 bits per heavy atom. The van der Waals surface area contributed by atoms with E-state index in [1.807, 2.05) is 6.07 Å². The van der Waals surface area contributed by atoms with E-state index < -0.39 is 11.6 Å². The van der Waals surface area contributed by atoms with Crippen molar-refractivity contribution in [2.45, 2.75) is 12.5 Å². The van der Waals surface area contributed by atoms with Crippen LogP contribution in [-0.4, -0.2) is 12.6 Å². The van der Waals surface area contributed by atoms with E-state index in [1.54, 1.807) is 12.1 Å². The lowest BCUT2D eigenvalue weighted by Gasteiger charge is -2.12. The average Bonchev–Trinajstić information content (AvgIpc) is 2.82. The van der Waals surface area contributed by atoms with E-state index in [9.17, 15) is 8.78 Å². The highest BCUT2D eigenvalue weighted by molar-refractivity contribution is 5.74. The van der Waals surface area contributed by atoms with E-state index in [0.29, 0.717) is 24.3 Å². The molecular weight excluding hydrogens is 248 g/mol. The Bertz CT molecular complexity index is 607. The average molecular weight is 261 g/mol. The second-order valence-corrected chi connectivity index (χ2v) is 4.57. The molecule has 0 unspecified atom stereocenters. The predicted molar refractivity (Wildman–Crippen MR) is 69.0 cm³/mol. The lowest BCUT2D eigenvalue weighted by atomic mass is 10.00. The summed E-state index contributed by atoms with van der Waals surface area (Å²) < 4.78 is 33.4. The number of benzene rings is 2. The van der Waals surface area contributed by atoms with Crippen molar-refractivity contribution in [1.29, 1.82) is 0 Å². The molecule has 1 atom stereocenters. The fraction of sp³-hybridized carbons (Fsp3) is 0.200. The first-order valence-electron chi connectivity index (χ1n) is 6.13. The molecule has 2 N–H and O–H groups in total. The summed E-state index contributed by atoms with van der Waals surface area (Å²) in [7, 11) is 0. The molecule has 3 rings (SSSR count). The fourth-order valence-electron chi connectivity index (χ4n) is 2.42. The number of fused-ring (bicyclic) bond motifs is 1. The fourth-order valence-corrected chi connectivity index (χ4v) is 2.42. The highest BCUT2D eigenvalue weighted by Crippen LogP contribution is 2.40. The van der Waals surface area contributed by atoms with E-state index in [2.05, 4.69) is 0 Å². The Labute approximate surface area is 109 Å². The van der Waals surface area contributed by atoms with Gasteiger partial charge in [0.25, 0.3) is 0 Å². The smallest absolute Gasteiger partial charge is 0.134 e. The van der Waals surface area contributed by atoms with E-state index in [4.69, 9.17) is 10.5 Å². The molecule has 0 amide bonds. The Morgan fingerprint density at radius 2 is 1.79 bits per heavy atom. The highest BCUT2D eigenvalue weighted by Gasteiger charge is 2.26. The number of hydrogen-bond donors (Lipinski definition) is 1. The van der Waals surface area contributed by atoms with Gasteiger partial charge in [-0.3, -0.25) is 0 Å². The van der Waals surface area contributed by atoms with Crippen LogP contribution >= 0.6 is 0 Å². The van der Waals surface area contributed by atoms with Crippen LogP contribution in [0.3, 0.4) is 0 Å². The molecule has 0 aliphatic carbocycles. The molecule has 1 aliphatic rings. The molecule has 1 aliphatic heterocycles. The largest absolute Gasteiger partial charge is 0.488 e. The van der Waals surface area contributed by atoms with Crippen molar-refractivity contribution in [2.24, 2.45) is 5.73 Å². The summed E-state index contributed by atoms with van der Waals surface area (Å²) in [4.78, 5) is 0. The maximum Gasteiger partial charge on any atom is 0.134 e. The molecule has 2 aromatic carbocycles. The van der Waals surface area contributed by atoms with Gasteiger partial charge in [0.05, 0.1) is 5.56 Å². The first kappa shape index (κ1) is 12.1. The van der Waals surface area contributed by atoms with Crippen LogP contribution in [0.15, 0.2) is 36.4 Å². The molecule has 0 spiro atoms. The summed E-state index contributed by atoms with van der Waals surface area (Å²) in [6, 6.07) is 9.18. The van der Waals surface area contributed by atoms with Crippen molar-refractivity contribution in [3.05, 3.63) is 53.6 Å². The van der Waals surface area contributed by atoms with Crippen LogP contribution in [0.1, 0.15) is 5.56 Å². The van der Waals surface area contributed by atoms with Crippen molar-refractivity contribution >= 4 is 0 Å². The first-order valence-corrected chi connectivity index (χ1v) is 6.13. The topological polar surface area (TPSA) is 35.2 Å². The van der Waals surface area contributed by atoms with Gasteiger partial charge in [-0.15, -0.1) is 0 Å². The Morgan fingerprint density at radius 1 is 1.11 bits per heavy atom. The minimum atomic E-state index is -0.590. The predicted octanol–water partition coefficient (Wildman–Crippen LogP) is 2.89. The molecule has 0 radical (unpaired) electrons. The van der Waals surface area contributed by atoms with Gasteiger partial charge in [0.1, 0.15) is 23.5 Å². The molecule has 0 fully saturated rings. The van der Waals surface area contributed by atoms with E-state index in [-0.39, 0.29) is 11.7 Å². The van der Waals surface area contributed by atoms with Gasteiger partial charge in [-0.2, -0.15) is 0 Å². The summed E-state index contributed by atoms with van der Waals surface area (Å²) in [6.45, 7) is 0.383. The number of nitrogens with two attached hydrogens (primary N) is 1. The summed E-state index contributed by atoms with van der Waals surface area (Å²) >= 11 is 0. The Hall–Kier alpha value is -1.94. The van der Waals surface area contributed by atoms with E-state index >= 15 is 0 Å².